The van der Waals surface area contributed by atoms with E-state index in [1.165, 1.54) is 24.0 Å². The van der Waals surface area contributed by atoms with Crippen LogP contribution in [0.4, 0.5) is 0 Å². The van der Waals surface area contributed by atoms with Gasteiger partial charge in [-0.1, -0.05) is 18.6 Å². The minimum Gasteiger partial charge on any atom is -0.493 e. The summed E-state index contributed by atoms with van der Waals surface area (Å²) in [5.74, 6) is 0.982. The third-order valence-corrected chi connectivity index (χ3v) is 4.01. The van der Waals surface area contributed by atoms with Gasteiger partial charge in [0.2, 0.25) is 0 Å². The Hall–Kier alpha value is -1.35. The number of rotatable bonds is 6. The van der Waals surface area contributed by atoms with Crippen LogP contribution in [0.15, 0.2) is 18.2 Å². The van der Waals surface area contributed by atoms with Crippen molar-refractivity contribution in [1.82, 2.24) is 4.90 Å². The molecule has 1 saturated heterocycles. The second-order valence-electron chi connectivity index (χ2n) is 5.71. The van der Waals surface area contributed by atoms with Crippen LogP contribution in [0.5, 0.6) is 5.75 Å². The molecule has 1 aromatic carbocycles. The second kappa shape index (κ2) is 7.44. The highest BCUT2D eigenvalue weighted by Gasteiger charge is 2.20. The third-order valence-electron chi connectivity index (χ3n) is 4.01. The number of hydrogen-bond acceptors (Lipinski definition) is 3. The molecule has 0 N–H and O–H groups in total. The first kappa shape index (κ1) is 15.0. The Bertz CT molecular complexity index is 445. The van der Waals surface area contributed by atoms with Gasteiger partial charge in [0.05, 0.1) is 12.6 Å². The van der Waals surface area contributed by atoms with Crippen molar-refractivity contribution in [2.75, 3.05) is 19.7 Å². The van der Waals surface area contributed by atoms with E-state index in [9.17, 15) is 4.79 Å². The van der Waals surface area contributed by atoms with Crippen LogP contribution < -0.4 is 4.74 Å². The first-order valence-corrected chi connectivity index (χ1v) is 7.60. The minimum atomic E-state index is 0.129. The molecular formula is C17H25NO2. The van der Waals surface area contributed by atoms with Gasteiger partial charge >= 0.3 is 0 Å². The number of carbonyl (C=O) groups is 1. The molecule has 0 saturated carbocycles. The topological polar surface area (TPSA) is 29.5 Å². The summed E-state index contributed by atoms with van der Waals surface area (Å²) in [4.78, 5) is 13.3. The molecule has 1 fully saturated rings. The number of aryl methyl sites for hydroxylation is 2. The number of benzene rings is 1. The largest absolute Gasteiger partial charge is 0.493 e. The van der Waals surface area contributed by atoms with E-state index in [4.69, 9.17) is 4.74 Å². The van der Waals surface area contributed by atoms with Crippen LogP contribution >= 0.6 is 0 Å². The average molecular weight is 275 g/mol. The summed E-state index contributed by atoms with van der Waals surface area (Å²) < 4.78 is 5.86. The molecule has 1 aliphatic rings. The smallest absolute Gasteiger partial charge is 0.137 e. The van der Waals surface area contributed by atoms with Crippen molar-refractivity contribution < 1.29 is 9.53 Å². The lowest BCUT2D eigenvalue weighted by Gasteiger charge is -2.32. The van der Waals surface area contributed by atoms with Crippen LogP contribution in [-0.4, -0.2) is 36.9 Å². The van der Waals surface area contributed by atoms with Crippen molar-refractivity contribution in [1.29, 1.82) is 0 Å². The van der Waals surface area contributed by atoms with Crippen LogP contribution in [-0.2, 0) is 4.79 Å². The van der Waals surface area contributed by atoms with Gasteiger partial charge in [-0.15, -0.1) is 0 Å². The first-order valence-electron chi connectivity index (χ1n) is 7.60. The van der Waals surface area contributed by atoms with Crippen LogP contribution in [0.3, 0.4) is 0 Å². The summed E-state index contributed by atoms with van der Waals surface area (Å²) in [5, 5.41) is 0. The predicted octanol–water partition coefficient (Wildman–Crippen LogP) is 3.13. The zero-order valence-corrected chi connectivity index (χ0v) is 12.6. The maximum absolute atomic E-state index is 11.0. The monoisotopic (exact) mass is 275 g/mol. The van der Waals surface area contributed by atoms with Gasteiger partial charge in [-0.2, -0.15) is 0 Å². The fourth-order valence-electron chi connectivity index (χ4n) is 2.76. The molecule has 0 radical (unpaired) electrons. The van der Waals surface area contributed by atoms with E-state index in [0.717, 1.165) is 38.0 Å². The zero-order chi connectivity index (χ0) is 14.4. The van der Waals surface area contributed by atoms with Gasteiger partial charge in [-0.3, -0.25) is 4.90 Å². The highest BCUT2D eigenvalue weighted by Crippen LogP contribution is 2.20. The Morgan fingerprint density at radius 3 is 3.00 bits per heavy atom. The number of hydrogen-bond donors (Lipinski definition) is 0. The van der Waals surface area contributed by atoms with Crippen LogP contribution in [0.25, 0.3) is 0 Å². The van der Waals surface area contributed by atoms with E-state index in [-0.39, 0.29) is 6.04 Å². The molecule has 0 aliphatic carbocycles. The Labute approximate surface area is 121 Å². The Balaban J connectivity index is 1.75. The minimum absolute atomic E-state index is 0.129. The Morgan fingerprint density at radius 1 is 1.35 bits per heavy atom. The Kier molecular flexibility index (Phi) is 5.60. The maximum atomic E-state index is 11.0. The molecule has 110 valence electrons. The van der Waals surface area contributed by atoms with Crippen molar-refractivity contribution in [3.63, 3.8) is 0 Å². The summed E-state index contributed by atoms with van der Waals surface area (Å²) >= 11 is 0. The van der Waals surface area contributed by atoms with Crippen molar-refractivity contribution in [2.24, 2.45) is 0 Å². The molecular weight excluding hydrogens is 250 g/mol. The van der Waals surface area contributed by atoms with Crippen molar-refractivity contribution in [3.05, 3.63) is 29.3 Å². The van der Waals surface area contributed by atoms with E-state index >= 15 is 0 Å². The van der Waals surface area contributed by atoms with E-state index in [1.54, 1.807) is 0 Å². The van der Waals surface area contributed by atoms with Gasteiger partial charge in [-0.25, -0.2) is 0 Å². The zero-order valence-electron chi connectivity index (χ0n) is 12.6. The van der Waals surface area contributed by atoms with E-state index in [0.29, 0.717) is 6.61 Å². The normalized spacial score (nSPS) is 19.8. The van der Waals surface area contributed by atoms with Crippen LogP contribution in [0.2, 0.25) is 0 Å². The molecule has 20 heavy (non-hydrogen) atoms. The summed E-state index contributed by atoms with van der Waals surface area (Å²) in [6.45, 7) is 6.87. The highest BCUT2D eigenvalue weighted by atomic mass is 16.5. The van der Waals surface area contributed by atoms with Crippen LogP contribution in [0, 0.1) is 13.8 Å². The van der Waals surface area contributed by atoms with Crippen LogP contribution in [0.1, 0.15) is 36.8 Å². The number of carbonyl (C=O) groups excluding carboxylic acids is 1. The fraction of sp³-hybridized carbons (Fsp3) is 0.588. The SMILES string of the molecule is Cc1ccc(C)c(OCCCN2CCCCC2C=O)c1. The predicted molar refractivity (Wildman–Crippen MR) is 81.3 cm³/mol. The van der Waals surface area contributed by atoms with Crippen molar-refractivity contribution in [2.45, 2.75) is 45.6 Å². The molecule has 0 amide bonds. The second-order valence-corrected chi connectivity index (χ2v) is 5.71. The molecule has 0 aromatic heterocycles. The summed E-state index contributed by atoms with van der Waals surface area (Å²) in [7, 11) is 0. The molecule has 1 heterocycles. The number of aldehydes is 1. The van der Waals surface area contributed by atoms with E-state index in [1.807, 2.05) is 0 Å². The molecule has 1 atom stereocenters. The first-order chi connectivity index (χ1) is 9.70. The van der Waals surface area contributed by atoms with Gasteiger partial charge in [-0.05, 0) is 56.8 Å². The van der Waals surface area contributed by atoms with Gasteiger partial charge in [0.1, 0.15) is 12.0 Å². The van der Waals surface area contributed by atoms with Gasteiger partial charge in [0, 0.05) is 6.54 Å². The summed E-state index contributed by atoms with van der Waals surface area (Å²) in [6.07, 6.45) is 5.48. The molecule has 3 heteroatoms. The molecule has 3 nitrogen and oxygen atoms in total. The molecule has 0 spiro atoms. The van der Waals surface area contributed by atoms with E-state index in [2.05, 4.69) is 36.9 Å². The third kappa shape index (κ3) is 4.07. The lowest BCUT2D eigenvalue weighted by atomic mass is 10.0. The lowest BCUT2D eigenvalue weighted by Crippen LogP contribution is -2.41. The van der Waals surface area contributed by atoms with Gasteiger partial charge in [0.25, 0.3) is 0 Å². The maximum Gasteiger partial charge on any atom is 0.137 e. The van der Waals surface area contributed by atoms with Gasteiger partial charge in [0.15, 0.2) is 0 Å². The number of likely N-dealkylation sites (tertiary alicyclic amines) is 1. The average Bonchev–Trinajstić information content (AvgIpc) is 2.47. The van der Waals surface area contributed by atoms with Crippen molar-refractivity contribution >= 4 is 6.29 Å². The molecule has 0 bridgehead atoms. The number of piperidine rings is 1. The molecule has 2 rings (SSSR count). The van der Waals surface area contributed by atoms with Gasteiger partial charge < -0.3 is 9.53 Å². The Morgan fingerprint density at radius 2 is 2.20 bits per heavy atom. The van der Waals surface area contributed by atoms with Crippen molar-refractivity contribution in [3.8, 4) is 5.75 Å². The quantitative estimate of drug-likeness (QED) is 0.590. The molecule has 1 aliphatic heterocycles. The summed E-state index contributed by atoms with van der Waals surface area (Å²) in [6, 6.07) is 6.41. The standard InChI is InChI=1S/C17H25NO2/c1-14-7-8-15(2)17(12-14)20-11-5-10-18-9-4-3-6-16(18)13-19/h7-8,12-13,16H,3-6,9-11H2,1-2H3. The number of nitrogens with zero attached hydrogens (tertiary/aromatic N) is 1. The molecule has 1 aromatic rings. The lowest BCUT2D eigenvalue weighted by molar-refractivity contribution is -0.113. The fourth-order valence-corrected chi connectivity index (χ4v) is 2.76. The number of ether oxygens (including phenoxy) is 1. The summed E-state index contributed by atoms with van der Waals surface area (Å²) in [5.41, 5.74) is 2.40. The molecule has 1 unspecified atom stereocenters. The van der Waals surface area contributed by atoms with E-state index < -0.39 is 0 Å². The highest BCUT2D eigenvalue weighted by molar-refractivity contribution is 5.57.